The number of hydrogen-bond acceptors (Lipinski definition) is 4. The van der Waals surface area contributed by atoms with Crippen LogP contribution < -0.4 is 5.32 Å². The largest absolute Gasteiger partial charge is 0.341 e. The van der Waals surface area contributed by atoms with Gasteiger partial charge in [0.25, 0.3) is 0 Å². The first-order chi connectivity index (χ1) is 8.54. The Morgan fingerprint density at radius 2 is 2.00 bits per heavy atom. The molecule has 0 unspecified atom stereocenters. The average molecular weight is 245 g/mol. The van der Waals surface area contributed by atoms with E-state index in [2.05, 4.69) is 46.0 Å². The van der Waals surface area contributed by atoms with Gasteiger partial charge in [-0.2, -0.15) is 0 Å². The average Bonchev–Trinajstić information content (AvgIpc) is 2.77. The van der Waals surface area contributed by atoms with Gasteiger partial charge in [0, 0.05) is 30.9 Å². The number of aromatic nitrogens is 4. The molecule has 5 nitrogen and oxygen atoms in total. The molecule has 0 radical (unpaired) electrons. The second kappa shape index (κ2) is 5.27. The molecule has 2 N–H and O–H groups in total. The molecule has 0 aliphatic carbocycles. The maximum absolute atomic E-state index is 4.35. The van der Waals surface area contributed by atoms with Crippen molar-refractivity contribution in [1.29, 1.82) is 0 Å². The molecular formula is C13H19N5. The van der Waals surface area contributed by atoms with Crippen LogP contribution in [-0.2, 0) is 6.42 Å². The van der Waals surface area contributed by atoms with Crippen LogP contribution >= 0.6 is 0 Å². The molecule has 0 saturated carbocycles. The minimum absolute atomic E-state index is 0.139. The molecule has 2 rings (SSSR count). The van der Waals surface area contributed by atoms with Crippen LogP contribution in [0, 0.1) is 0 Å². The van der Waals surface area contributed by atoms with Crippen molar-refractivity contribution in [3.63, 3.8) is 0 Å². The molecule has 0 bridgehead atoms. The van der Waals surface area contributed by atoms with E-state index in [4.69, 9.17) is 0 Å². The zero-order valence-corrected chi connectivity index (χ0v) is 11.1. The summed E-state index contributed by atoms with van der Waals surface area (Å²) in [5, 5.41) is 3.43. The van der Waals surface area contributed by atoms with Crippen molar-refractivity contribution in [3.05, 3.63) is 30.6 Å². The minimum Gasteiger partial charge on any atom is -0.341 e. The van der Waals surface area contributed by atoms with Gasteiger partial charge in [-0.25, -0.2) is 4.98 Å². The standard InChI is InChI=1S/C13H19N5/c1-13(2,3)17-5-4-12-16-9-11(18-12)10-8-14-6-7-15-10/h6-9,17H,4-5H2,1-3H3,(H,16,18). The second-order valence-corrected chi connectivity index (χ2v) is 5.26. The first-order valence-corrected chi connectivity index (χ1v) is 6.10. The molecule has 0 fully saturated rings. The smallest absolute Gasteiger partial charge is 0.107 e. The predicted octanol–water partition coefficient (Wildman–Crippen LogP) is 1.80. The highest BCUT2D eigenvalue weighted by molar-refractivity contribution is 5.51. The molecule has 0 aliphatic heterocycles. The van der Waals surface area contributed by atoms with Crippen molar-refractivity contribution in [2.45, 2.75) is 32.7 Å². The van der Waals surface area contributed by atoms with Crippen molar-refractivity contribution < 1.29 is 0 Å². The Kier molecular flexibility index (Phi) is 3.72. The number of H-pyrrole nitrogens is 1. The highest BCUT2D eigenvalue weighted by Gasteiger charge is 2.09. The Hall–Kier alpha value is -1.75. The summed E-state index contributed by atoms with van der Waals surface area (Å²) in [6.07, 6.45) is 7.74. The number of rotatable bonds is 4. The molecule has 5 heteroatoms. The summed E-state index contributed by atoms with van der Waals surface area (Å²) >= 11 is 0. The van der Waals surface area contributed by atoms with Crippen LogP contribution in [0.5, 0.6) is 0 Å². The van der Waals surface area contributed by atoms with Crippen LogP contribution in [0.25, 0.3) is 11.4 Å². The lowest BCUT2D eigenvalue weighted by Gasteiger charge is -2.19. The van der Waals surface area contributed by atoms with E-state index < -0.39 is 0 Å². The SMILES string of the molecule is CC(C)(C)NCCc1ncc(-c2cnccn2)[nH]1. The van der Waals surface area contributed by atoms with Crippen molar-refractivity contribution in [2.24, 2.45) is 0 Å². The van der Waals surface area contributed by atoms with Crippen LogP contribution in [0.4, 0.5) is 0 Å². The Morgan fingerprint density at radius 3 is 2.67 bits per heavy atom. The molecule has 0 spiro atoms. The fourth-order valence-corrected chi connectivity index (χ4v) is 1.61. The third kappa shape index (κ3) is 3.63. The Morgan fingerprint density at radius 1 is 1.17 bits per heavy atom. The molecule has 0 saturated heterocycles. The van der Waals surface area contributed by atoms with Crippen LogP contribution in [-0.4, -0.2) is 32.0 Å². The van der Waals surface area contributed by atoms with Gasteiger partial charge < -0.3 is 10.3 Å². The highest BCUT2D eigenvalue weighted by Crippen LogP contribution is 2.12. The van der Waals surface area contributed by atoms with Gasteiger partial charge in [0.05, 0.1) is 18.1 Å². The van der Waals surface area contributed by atoms with Crippen LogP contribution in [0.1, 0.15) is 26.6 Å². The van der Waals surface area contributed by atoms with Gasteiger partial charge in [0.1, 0.15) is 11.5 Å². The number of imidazole rings is 1. The Balaban J connectivity index is 1.95. The molecule has 0 amide bonds. The van der Waals surface area contributed by atoms with Crippen molar-refractivity contribution in [3.8, 4) is 11.4 Å². The van der Waals surface area contributed by atoms with E-state index in [0.717, 1.165) is 30.2 Å². The van der Waals surface area contributed by atoms with Gasteiger partial charge in [0.2, 0.25) is 0 Å². The van der Waals surface area contributed by atoms with Crippen LogP contribution in [0.15, 0.2) is 24.8 Å². The summed E-state index contributed by atoms with van der Waals surface area (Å²) < 4.78 is 0. The van der Waals surface area contributed by atoms with Gasteiger partial charge in [-0.3, -0.25) is 9.97 Å². The number of nitrogens with one attached hydrogen (secondary N) is 2. The zero-order valence-electron chi connectivity index (χ0n) is 11.1. The Bertz CT molecular complexity index is 484. The number of hydrogen-bond donors (Lipinski definition) is 2. The first-order valence-electron chi connectivity index (χ1n) is 6.10. The maximum atomic E-state index is 4.35. The van der Waals surface area contributed by atoms with Gasteiger partial charge in [-0.05, 0) is 20.8 Å². The molecule has 2 heterocycles. The summed E-state index contributed by atoms with van der Waals surface area (Å²) in [5.41, 5.74) is 1.87. The van der Waals surface area contributed by atoms with Crippen molar-refractivity contribution >= 4 is 0 Å². The van der Waals surface area contributed by atoms with Crippen molar-refractivity contribution in [1.82, 2.24) is 25.3 Å². The molecule has 18 heavy (non-hydrogen) atoms. The first kappa shape index (κ1) is 12.7. The lowest BCUT2D eigenvalue weighted by Crippen LogP contribution is -2.37. The fraction of sp³-hybridized carbons (Fsp3) is 0.462. The second-order valence-electron chi connectivity index (χ2n) is 5.26. The van der Waals surface area contributed by atoms with Crippen molar-refractivity contribution in [2.75, 3.05) is 6.54 Å². The predicted molar refractivity (Wildman–Crippen MR) is 71.1 cm³/mol. The third-order valence-electron chi connectivity index (χ3n) is 2.48. The van der Waals surface area contributed by atoms with E-state index >= 15 is 0 Å². The van der Waals surface area contributed by atoms with E-state index in [1.165, 1.54) is 0 Å². The van der Waals surface area contributed by atoms with Gasteiger partial charge in [-0.15, -0.1) is 0 Å². The lowest BCUT2D eigenvalue weighted by molar-refractivity contribution is 0.427. The fourth-order valence-electron chi connectivity index (χ4n) is 1.61. The van der Waals surface area contributed by atoms with Crippen LogP contribution in [0.2, 0.25) is 0 Å². The topological polar surface area (TPSA) is 66.5 Å². The monoisotopic (exact) mass is 245 g/mol. The molecule has 96 valence electrons. The summed E-state index contributed by atoms with van der Waals surface area (Å²) in [6, 6.07) is 0. The summed E-state index contributed by atoms with van der Waals surface area (Å²) in [6.45, 7) is 7.36. The third-order valence-corrected chi connectivity index (χ3v) is 2.48. The lowest BCUT2D eigenvalue weighted by atomic mass is 10.1. The van der Waals surface area contributed by atoms with E-state index in [1.54, 1.807) is 24.8 Å². The number of aromatic amines is 1. The zero-order chi connectivity index (χ0) is 13.0. The van der Waals surface area contributed by atoms with Crippen LogP contribution in [0.3, 0.4) is 0 Å². The van der Waals surface area contributed by atoms with Gasteiger partial charge in [0.15, 0.2) is 0 Å². The Labute approximate surface area is 107 Å². The molecular weight excluding hydrogens is 226 g/mol. The molecule has 0 aliphatic rings. The van der Waals surface area contributed by atoms with E-state index in [9.17, 15) is 0 Å². The summed E-state index contributed by atoms with van der Waals surface area (Å²) in [7, 11) is 0. The molecule has 2 aromatic heterocycles. The summed E-state index contributed by atoms with van der Waals surface area (Å²) in [5.74, 6) is 0.965. The quantitative estimate of drug-likeness (QED) is 0.862. The maximum Gasteiger partial charge on any atom is 0.107 e. The van der Waals surface area contributed by atoms with Gasteiger partial charge in [-0.1, -0.05) is 0 Å². The van der Waals surface area contributed by atoms with E-state index in [1.807, 2.05) is 0 Å². The summed E-state index contributed by atoms with van der Waals surface area (Å²) in [4.78, 5) is 15.9. The highest BCUT2D eigenvalue weighted by atomic mass is 15.0. The molecule has 0 aromatic carbocycles. The number of nitrogens with zero attached hydrogens (tertiary/aromatic N) is 3. The molecule has 2 aromatic rings. The van der Waals surface area contributed by atoms with E-state index in [0.29, 0.717) is 0 Å². The normalized spacial score (nSPS) is 11.7. The minimum atomic E-state index is 0.139. The van der Waals surface area contributed by atoms with E-state index in [-0.39, 0.29) is 5.54 Å². The van der Waals surface area contributed by atoms with Gasteiger partial charge >= 0.3 is 0 Å². The molecule has 0 atom stereocenters.